The van der Waals surface area contributed by atoms with Gasteiger partial charge in [0.25, 0.3) is 0 Å². The van der Waals surface area contributed by atoms with E-state index in [9.17, 15) is 9.59 Å². The number of hydrogen-bond donors (Lipinski definition) is 1. The predicted molar refractivity (Wildman–Crippen MR) is 145 cm³/mol. The Balaban J connectivity index is 1.62. The summed E-state index contributed by atoms with van der Waals surface area (Å²) >= 11 is 1.50. The maximum absolute atomic E-state index is 13.7. The van der Waals surface area contributed by atoms with Crippen LogP contribution in [0.15, 0.2) is 89.8 Å². The second-order valence-electron chi connectivity index (χ2n) is 9.17. The maximum Gasteiger partial charge on any atom is 0.243 e. The molecule has 1 atom stereocenters. The van der Waals surface area contributed by atoms with Gasteiger partial charge in [-0.15, -0.1) is 11.8 Å². The molecule has 1 N–H and O–H groups in total. The van der Waals surface area contributed by atoms with Gasteiger partial charge in [0.05, 0.1) is 12.9 Å². The first-order valence-electron chi connectivity index (χ1n) is 12.6. The lowest BCUT2D eigenvalue weighted by molar-refractivity contribution is -0.139. The molecule has 188 valence electrons. The predicted octanol–water partition coefficient (Wildman–Crippen LogP) is 5.49. The molecule has 1 aliphatic rings. The molecule has 3 aromatic rings. The third-order valence-corrected chi connectivity index (χ3v) is 7.56. The van der Waals surface area contributed by atoms with Gasteiger partial charge in [0.2, 0.25) is 11.8 Å². The first-order chi connectivity index (χ1) is 17.6. The summed E-state index contributed by atoms with van der Waals surface area (Å²) in [5.41, 5.74) is 1.96. The van der Waals surface area contributed by atoms with E-state index in [0.29, 0.717) is 13.0 Å². The lowest BCUT2D eigenvalue weighted by Crippen LogP contribution is -2.52. The van der Waals surface area contributed by atoms with Crippen LogP contribution in [0.4, 0.5) is 0 Å². The molecule has 5 nitrogen and oxygen atoms in total. The molecule has 0 radical (unpaired) electrons. The Bertz CT molecular complexity index is 1120. The quantitative estimate of drug-likeness (QED) is 0.353. The fraction of sp³-hybridized carbons (Fsp3) is 0.333. The molecule has 4 rings (SSSR count). The Kier molecular flexibility index (Phi) is 9.45. The molecule has 0 aromatic heterocycles. The first kappa shape index (κ1) is 25.8. The number of nitrogens with one attached hydrogen (secondary N) is 1. The van der Waals surface area contributed by atoms with Crippen molar-refractivity contribution in [2.24, 2.45) is 0 Å². The van der Waals surface area contributed by atoms with E-state index in [1.165, 1.54) is 11.8 Å². The topological polar surface area (TPSA) is 58.6 Å². The number of thioether (sulfide) groups is 1. The molecule has 1 fully saturated rings. The van der Waals surface area contributed by atoms with E-state index in [2.05, 4.69) is 5.32 Å². The minimum absolute atomic E-state index is 0.0609. The van der Waals surface area contributed by atoms with Gasteiger partial charge in [0.1, 0.15) is 11.8 Å². The summed E-state index contributed by atoms with van der Waals surface area (Å²) in [6.07, 6.45) is 4.73. The zero-order valence-corrected chi connectivity index (χ0v) is 21.6. The van der Waals surface area contributed by atoms with Gasteiger partial charge in [-0.25, -0.2) is 0 Å². The molecule has 0 aliphatic heterocycles. The van der Waals surface area contributed by atoms with E-state index in [1.54, 1.807) is 12.0 Å². The fourth-order valence-corrected chi connectivity index (χ4v) is 5.44. The van der Waals surface area contributed by atoms with Crippen LogP contribution in [-0.4, -0.2) is 41.7 Å². The number of hydrogen-bond acceptors (Lipinski definition) is 4. The lowest BCUT2D eigenvalue weighted by Gasteiger charge is -2.32. The third kappa shape index (κ3) is 7.37. The van der Waals surface area contributed by atoms with Crippen LogP contribution in [0.1, 0.15) is 36.8 Å². The molecule has 36 heavy (non-hydrogen) atoms. The van der Waals surface area contributed by atoms with E-state index >= 15 is 0 Å². The van der Waals surface area contributed by atoms with E-state index < -0.39 is 6.04 Å². The van der Waals surface area contributed by atoms with Crippen molar-refractivity contribution in [2.45, 2.75) is 55.6 Å². The van der Waals surface area contributed by atoms with Crippen LogP contribution >= 0.6 is 11.8 Å². The lowest BCUT2D eigenvalue weighted by atomic mass is 10.0. The highest BCUT2D eigenvalue weighted by Crippen LogP contribution is 2.23. The van der Waals surface area contributed by atoms with Crippen LogP contribution in [-0.2, 0) is 22.6 Å². The largest absolute Gasteiger partial charge is 0.497 e. The molecule has 0 bridgehead atoms. The van der Waals surface area contributed by atoms with Crippen LogP contribution in [0.3, 0.4) is 0 Å². The second kappa shape index (κ2) is 13.2. The minimum Gasteiger partial charge on any atom is -0.497 e. The van der Waals surface area contributed by atoms with Crippen LogP contribution < -0.4 is 10.1 Å². The van der Waals surface area contributed by atoms with Crippen molar-refractivity contribution in [2.75, 3.05) is 12.9 Å². The van der Waals surface area contributed by atoms with Crippen molar-refractivity contribution in [1.82, 2.24) is 10.2 Å². The fourth-order valence-electron chi connectivity index (χ4n) is 4.63. The average molecular weight is 503 g/mol. The van der Waals surface area contributed by atoms with Crippen molar-refractivity contribution in [3.8, 4) is 5.75 Å². The normalized spacial score (nSPS) is 14.2. The number of carbonyl (C=O) groups is 2. The second-order valence-corrected chi connectivity index (χ2v) is 10.2. The first-order valence-corrected chi connectivity index (χ1v) is 13.6. The number of amides is 2. The Morgan fingerprint density at radius 3 is 2.31 bits per heavy atom. The van der Waals surface area contributed by atoms with Crippen LogP contribution in [0.25, 0.3) is 0 Å². The third-order valence-electron chi connectivity index (χ3n) is 6.57. The van der Waals surface area contributed by atoms with Crippen molar-refractivity contribution in [3.63, 3.8) is 0 Å². The Morgan fingerprint density at radius 2 is 1.61 bits per heavy atom. The van der Waals surface area contributed by atoms with Gasteiger partial charge in [0.15, 0.2) is 0 Å². The van der Waals surface area contributed by atoms with Gasteiger partial charge in [-0.3, -0.25) is 9.59 Å². The van der Waals surface area contributed by atoms with Crippen molar-refractivity contribution in [1.29, 1.82) is 0 Å². The molecule has 3 aromatic carbocycles. The van der Waals surface area contributed by atoms with Crippen LogP contribution in [0.2, 0.25) is 0 Å². The Hall–Kier alpha value is -3.25. The summed E-state index contributed by atoms with van der Waals surface area (Å²) in [6.45, 7) is 0.334. The number of rotatable bonds is 11. The molecule has 0 saturated heterocycles. The summed E-state index contributed by atoms with van der Waals surface area (Å²) in [6, 6.07) is 27.1. The molecular weight excluding hydrogens is 468 g/mol. The number of ether oxygens (including phenoxy) is 1. The highest BCUT2D eigenvalue weighted by atomic mass is 32.2. The molecule has 0 spiro atoms. The summed E-state index contributed by atoms with van der Waals surface area (Å²) in [5, 5.41) is 3.25. The van der Waals surface area contributed by atoms with E-state index in [1.807, 2.05) is 84.9 Å². The summed E-state index contributed by atoms with van der Waals surface area (Å²) in [4.78, 5) is 30.2. The molecule has 2 amide bonds. The minimum atomic E-state index is -0.608. The van der Waals surface area contributed by atoms with E-state index in [4.69, 9.17) is 4.74 Å². The summed E-state index contributed by atoms with van der Waals surface area (Å²) < 4.78 is 5.41. The summed E-state index contributed by atoms with van der Waals surface area (Å²) in [7, 11) is 1.63. The molecule has 0 heterocycles. The van der Waals surface area contributed by atoms with Crippen LogP contribution in [0.5, 0.6) is 5.75 Å². The zero-order valence-electron chi connectivity index (χ0n) is 20.8. The SMILES string of the molecule is COc1cccc(CN(C(=O)CSc2ccccc2)[C@H](Cc2ccccc2)C(=O)NC2CCCC2)c1. The average Bonchev–Trinajstić information content (AvgIpc) is 3.43. The van der Waals surface area contributed by atoms with Crippen molar-refractivity contribution in [3.05, 3.63) is 96.1 Å². The zero-order chi connectivity index (χ0) is 25.2. The van der Waals surface area contributed by atoms with E-state index in [-0.39, 0.29) is 23.6 Å². The summed E-state index contributed by atoms with van der Waals surface area (Å²) in [5.74, 6) is 0.852. The van der Waals surface area contributed by atoms with Crippen molar-refractivity contribution < 1.29 is 14.3 Å². The van der Waals surface area contributed by atoms with Gasteiger partial charge in [-0.1, -0.05) is 73.5 Å². The maximum atomic E-state index is 13.7. The molecule has 6 heteroatoms. The standard InChI is InChI=1S/C30H34N2O3S/c1-35-26-16-10-13-24(19-26)21-32(29(33)22-36-27-17-6-3-7-18-27)28(20-23-11-4-2-5-12-23)30(34)31-25-14-8-9-15-25/h2-7,10-13,16-19,25,28H,8-9,14-15,20-22H2,1H3,(H,31,34)/t28-/m1/s1. The molecular formula is C30H34N2O3S. The van der Waals surface area contributed by atoms with E-state index in [0.717, 1.165) is 47.5 Å². The monoisotopic (exact) mass is 502 g/mol. The van der Waals surface area contributed by atoms with Crippen LogP contribution in [0, 0.1) is 0 Å². The Morgan fingerprint density at radius 1 is 0.944 bits per heavy atom. The molecule has 0 unspecified atom stereocenters. The van der Waals surface area contributed by atoms with Gasteiger partial charge in [-0.2, -0.15) is 0 Å². The molecule has 1 aliphatic carbocycles. The van der Waals surface area contributed by atoms with Gasteiger partial charge >= 0.3 is 0 Å². The van der Waals surface area contributed by atoms with Gasteiger partial charge < -0.3 is 15.0 Å². The number of carbonyl (C=O) groups excluding carboxylic acids is 2. The highest BCUT2D eigenvalue weighted by molar-refractivity contribution is 8.00. The number of methoxy groups -OCH3 is 1. The van der Waals surface area contributed by atoms with Crippen molar-refractivity contribution >= 4 is 23.6 Å². The smallest absolute Gasteiger partial charge is 0.243 e. The highest BCUT2D eigenvalue weighted by Gasteiger charge is 2.32. The number of benzene rings is 3. The Labute approximate surface area is 218 Å². The van der Waals surface area contributed by atoms with Gasteiger partial charge in [0, 0.05) is 23.9 Å². The molecule has 1 saturated carbocycles. The number of nitrogens with zero attached hydrogens (tertiary/aromatic N) is 1. The van der Waals surface area contributed by atoms with Gasteiger partial charge in [-0.05, 0) is 48.2 Å².